The first kappa shape index (κ1) is 14.1. The Kier molecular flexibility index (Phi) is 4.64. The fourth-order valence-corrected chi connectivity index (χ4v) is 2.14. The smallest absolute Gasteiger partial charge is 0.155 e. The van der Waals surface area contributed by atoms with Gasteiger partial charge in [-0.05, 0) is 37.3 Å². The van der Waals surface area contributed by atoms with Gasteiger partial charge in [0.05, 0.1) is 10.7 Å². The molecule has 0 aliphatic carbocycles. The Morgan fingerprint density at radius 2 is 2.00 bits per heavy atom. The Labute approximate surface area is 122 Å². The molecule has 2 N–H and O–H groups in total. The predicted octanol–water partition coefficient (Wildman–Crippen LogP) is 3.86. The van der Waals surface area contributed by atoms with Crippen molar-refractivity contribution in [2.75, 3.05) is 0 Å². The van der Waals surface area contributed by atoms with Crippen LogP contribution >= 0.6 is 23.2 Å². The minimum atomic E-state index is -0.361. The zero-order valence-corrected chi connectivity index (χ0v) is 11.9. The molecule has 0 radical (unpaired) electrons. The number of aromatic nitrogens is 1. The van der Waals surface area contributed by atoms with Gasteiger partial charge in [-0.3, -0.25) is 4.98 Å². The van der Waals surface area contributed by atoms with Crippen LogP contribution in [0.25, 0.3) is 0 Å². The molecular formula is C14H14Cl2N2O. The molecule has 2 aromatic rings. The molecule has 1 heterocycles. The highest BCUT2D eigenvalue weighted by atomic mass is 35.5. The number of ether oxygens (including phenoxy) is 1. The zero-order chi connectivity index (χ0) is 13.8. The molecule has 0 aliphatic heterocycles. The monoisotopic (exact) mass is 296 g/mol. The van der Waals surface area contributed by atoms with E-state index < -0.39 is 0 Å². The maximum absolute atomic E-state index is 6.10. The molecule has 0 fully saturated rings. The molecule has 0 aliphatic rings. The third-order valence-electron chi connectivity index (χ3n) is 2.60. The van der Waals surface area contributed by atoms with Crippen molar-refractivity contribution in [3.05, 3.63) is 58.3 Å². The highest BCUT2D eigenvalue weighted by Gasteiger charge is 2.20. The van der Waals surface area contributed by atoms with Crippen molar-refractivity contribution in [2.24, 2.45) is 5.73 Å². The fraction of sp³-hybridized carbons (Fsp3) is 0.214. The quantitative estimate of drug-likeness (QED) is 0.932. The van der Waals surface area contributed by atoms with Crippen LogP contribution in [0, 0.1) is 0 Å². The van der Waals surface area contributed by atoms with Crippen LogP contribution in [0.4, 0.5) is 0 Å². The first-order valence-electron chi connectivity index (χ1n) is 5.86. The molecule has 2 atom stereocenters. The normalized spacial score (nSPS) is 13.9. The third kappa shape index (κ3) is 3.60. The van der Waals surface area contributed by atoms with Gasteiger partial charge in [-0.1, -0.05) is 29.3 Å². The summed E-state index contributed by atoms with van der Waals surface area (Å²) >= 11 is 12.0. The van der Waals surface area contributed by atoms with Gasteiger partial charge >= 0.3 is 0 Å². The molecule has 2 rings (SSSR count). The van der Waals surface area contributed by atoms with Crippen LogP contribution in [0.5, 0.6) is 5.75 Å². The van der Waals surface area contributed by atoms with Crippen molar-refractivity contribution < 1.29 is 4.74 Å². The number of benzene rings is 1. The van der Waals surface area contributed by atoms with Gasteiger partial charge in [0.25, 0.3) is 0 Å². The number of pyridine rings is 1. The second-order valence-corrected chi connectivity index (χ2v) is 5.07. The second-order valence-electron chi connectivity index (χ2n) is 4.23. The van der Waals surface area contributed by atoms with Gasteiger partial charge in [0.15, 0.2) is 6.10 Å². The first-order valence-corrected chi connectivity index (χ1v) is 6.61. The molecule has 0 spiro atoms. The average Bonchev–Trinajstić information content (AvgIpc) is 2.38. The number of hydrogen-bond donors (Lipinski definition) is 1. The van der Waals surface area contributed by atoms with E-state index in [1.165, 1.54) is 0 Å². The number of rotatable bonds is 4. The summed E-state index contributed by atoms with van der Waals surface area (Å²) in [6.07, 6.45) is 1.34. The van der Waals surface area contributed by atoms with E-state index in [0.29, 0.717) is 15.8 Å². The van der Waals surface area contributed by atoms with E-state index in [-0.39, 0.29) is 12.1 Å². The van der Waals surface area contributed by atoms with Crippen molar-refractivity contribution in [2.45, 2.75) is 19.1 Å². The van der Waals surface area contributed by atoms with Crippen LogP contribution in [0.15, 0.2) is 42.6 Å². The van der Waals surface area contributed by atoms with Gasteiger partial charge < -0.3 is 10.5 Å². The summed E-state index contributed by atoms with van der Waals surface area (Å²) in [4.78, 5) is 4.27. The first-order chi connectivity index (χ1) is 9.08. The summed E-state index contributed by atoms with van der Waals surface area (Å²) in [6.45, 7) is 1.86. The highest BCUT2D eigenvalue weighted by Crippen LogP contribution is 2.31. The van der Waals surface area contributed by atoms with Crippen LogP contribution in [-0.2, 0) is 0 Å². The Balaban J connectivity index is 2.27. The number of hydrogen-bond acceptors (Lipinski definition) is 3. The molecular weight excluding hydrogens is 283 g/mol. The summed E-state index contributed by atoms with van der Waals surface area (Å²) in [6, 6.07) is 10.5. The number of nitrogens with zero attached hydrogens (tertiary/aromatic N) is 1. The lowest BCUT2D eigenvalue weighted by Crippen LogP contribution is -2.29. The molecule has 5 heteroatoms. The zero-order valence-electron chi connectivity index (χ0n) is 10.4. The van der Waals surface area contributed by atoms with E-state index >= 15 is 0 Å². The standard InChI is InChI=1S/C14H14Cl2N2O/c1-9(17)14(12-4-2-3-7-18-12)19-13-6-5-10(15)8-11(13)16/h2-9,14H,17H2,1H3. The Morgan fingerprint density at radius 3 is 2.58 bits per heavy atom. The van der Waals surface area contributed by atoms with Gasteiger partial charge in [0.2, 0.25) is 0 Å². The lowest BCUT2D eigenvalue weighted by molar-refractivity contribution is 0.176. The van der Waals surface area contributed by atoms with Crippen molar-refractivity contribution in [1.82, 2.24) is 4.98 Å². The Bertz CT molecular complexity index is 546. The summed E-state index contributed by atoms with van der Waals surface area (Å²) in [7, 11) is 0. The lowest BCUT2D eigenvalue weighted by atomic mass is 10.1. The van der Waals surface area contributed by atoms with Crippen LogP contribution in [0.2, 0.25) is 10.0 Å². The van der Waals surface area contributed by atoms with E-state index in [2.05, 4.69) is 4.98 Å². The van der Waals surface area contributed by atoms with Crippen LogP contribution in [0.1, 0.15) is 18.7 Å². The Hall–Kier alpha value is -1.29. The summed E-state index contributed by atoms with van der Waals surface area (Å²) in [5.41, 5.74) is 6.73. The number of nitrogens with two attached hydrogens (primary N) is 1. The van der Waals surface area contributed by atoms with Gasteiger partial charge in [-0.25, -0.2) is 0 Å². The van der Waals surface area contributed by atoms with E-state index in [1.807, 2.05) is 25.1 Å². The van der Waals surface area contributed by atoms with Crippen molar-refractivity contribution in [3.63, 3.8) is 0 Å². The molecule has 100 valence electrons. The van der Waals surface area contributed by atoms with Crippen LogP contribution in [0.3, 0.4) is 0 Å². The SMILES string of the molecule is CC(N)C(Oc1ccc(Cl)cc1Cl)c1ccccn1. The average molecular weight is 297 g/mol. The minimum Gasteiger partial charge on any atom is -0.481 e. The molecule has 1 aromatic heterocycles. The fourth-order valence-electron chi connectivity index (χ4n) is 1.69. The second kappa shape index (κ2) is 6.24. The maximum Gasteiger partial charge on any atom is 0.155 e. The van der Waals surface area contributed by atoms with E-state index in [1.54, 1.807) is 24.4 Å². The predicted molar refractivity (Wildman–Crippen MR) is 77.7 cm³/mol. The van der Waals surface area contributed by atoms with Crippen LogP contribution < -0.4 is 10.5 Å². The highest BCUT2D eigenvalue weighted by molar-refractivity contribution is 6.35. The molecule has 0 bridgehead atoms. The Morgan fingerprint density at radius 1 is 1.21 bits per heavy atom. The van der Waals surface area contributed by atoms with Gasteiger partial charge in [-0.15, -0.1) is 0 Å². The number of halogens is 2. The van der Waals surface area contributed by atoms with Gasteiger partial charge in [0, 0.05) is 17.3 Å². The van der Waals surface area contributed by atoms with Gasteiger partial charge in [0.1, 0.15) is 5.75 Å². The minimum absolute atomic E-state index is 0.221. The molecule has 1 aromatic carbocycles. The van der Waals surface area contributed by atoms with Crippen molar-refractivity contribution in [1.29, 1.82) is 0 Å². The molecule has 0 amide bonds. The van der Waals surface area contributed by atoms with Crippen LogP contribution in [-0.4, -0.2) is 11.0 Å². The topological polar surface area (TPSA) is 48.1 Å². The van der Waals surface area contributed by atoms with Crippen molar-refractivity contribution >= 4 is 23.2 Å². The summed E-state index contributed by atoms with van der Waals surface area (Å²) in [5, 5.41) is 1.02. The molecule has 3 nitrogen and oxygen atoms in total. The molecule has 0 saturated heterocycles. The molecule has 19 heavy (non-hydrogen) atoms. The third-order valence-corrected chi connectivity index (χ3v) is 3.14. The summed E-state index contributed by atoms with van der Waals surface area (Å²) < 4.78 is 5.87. The van der Waals surface area contributed by atoms with E-state index in [4.69, 9.17) is 33.7 Å². The lowest BCUT2D eigenvalue weighted by Gasteiger charge is -2.22. The summed E-state index contributed by atoms with van der Waals surface area (Å²) in [5.74, 6) is 0.541. The largest absolute Gasteiger partial charge is 0.481 e. The van der Waals surface area contributed by atoms with Crippen molar-refractivity contribution in [3.8, 4) is 5.75 Å². The van der Waals surface area contributed by atoms with Gasteiger partial charge in [-0.2, -0.15) is 0 Å². The maximum atomic E-state index is 6.10. The molecule has 0 saturated carbocycles. The van der Waals surface area contributed by atoms with E-state index in [0.717, 1.165) is 5.69 Å². The molecule has 2 unspecified atom stereocenters. The van der Waals surface area contributed by atoms with E-state index in [9.17, 15) is 0 Å².